The van der Waals surface area contributed by atoms with Gasteiger partial charge in [-0.3, -0.25) is 0 Å². The second-order valence-electron chi connectivity index (χ2n) is 7.37. The van der Waals surface area contributed by atoms with Crippen molar-refractivity contribution in [3.8, 4) is 39.8 Å². The van der Waals surface area contributed by atoms with Crippen molar-refractivity contribution in [2.45, 2.75) is 6.61 Å². The lowest BCUT2D eigenvalue weighted by atomic mass is 10.0. The van der Waals surface area contributed by atoms with E-state index in [0.717, 1.165) is 28.0 Å². The van der Waals surface area contributed by atoms with E-state index in [2.05, 4.69) is 22.2 Å². The minimum absolute atomic E-state index is 0.0454. The first-order valence-electron chi connectivity index (χ1n) is 10.3. The van der Waals surface area contributed by atoms with Gasteiger partial charge < -0.3 is 9.84 Å². The highest BCUT2D eigenvalue weighted by atomic mass is 16.5. The summed E-state index contributed by atoms with van der Waals surface area (Å²) in [6, 6.07) is 33.4. The Hall–Kier alpha value is -4.38. The largest absolute Gasteiger partial charge is 0.493 e. The Morgan fingerprint density at radius 1 is 0.719 bits per heavy atom. The normalized spacial score (nSPS) is 10.8. The topological polar surface area (TPSA) is 60.2 Å². The molecule has 0 radical (unpaired) electrons. The molecule has 32 heavy (non-hydrogen) atoms. The van der Waals surface area contributed by atoms with Crippen LogP contribution in [0.2, 0.25) is 0 Å². The Morgan fingerprint density at radius 2 is 1.50 bits per heavy atom. The van der Waals surface area contributed by atoms with E-state index in [1.807, 2.05) is 78.9 Å². The van der Waals surface area contributed by atoms with E-state index < -0.39 is 0 Å². The average molecular weight is 419 g/mol. The second-order valence-corrected chi connectivity index (χ2v) is 7.37. The summed E-state index contributed by atoms with van der Waals surface area (Å²) in [5.41, 5.74) is 4.86. The number of nitrogens with zero attached hydrogens (tertiary/aromatic N) is 3. The van der Waals surface area contributed by atoms with Crippen LogP contribution in [0.25, 0.3) is 28.2 Å². The fourth-order valence-electron chi connectivity index (χ4n) is 3.50. The number of hydrogen-bond donors (Lipinski definition) is 1. The molecule has 5 rings (SSSR count). The van der Waals surface area contributed by atoms with Gasteiger partial charge in [-0.1, -0.05) is 66.7 Å². The third kappa shape index (κ3) is 4.23. The Kier molecular flexibility index (Phi) is 5.37. The maximum Gasteiger partial charge on any atom is 0.216 e. The first-order valence-corrected chi connectivity index (χ1v) is 10.3. The quantitative estimate of drug-likeness (QED) is 0.373. The summed E-state index contributed by atoms with van der Waals surface area (Å²) >= 11 is 0. The van der Waals surface area contributed by atoms with E-state index in [1.54, 1.807) is 18.3 Å². The molecule has 0 amide bonds. The summed E-state index contributed by atoms with van der Waals surface area (Å²) < 4.78 is 7.32. The van der Waals surface area contributed by atoms with Crippen LogP contribution in [-0.2, 0) is 6.61 Å². The molecule has 0 bridgehead atoms. The lowest BCUT2D eigenvalue weighted by molar-refractivity contribution is 0.306. The number of aromatic nitrogens is 3. The molecule has 0 atom stereocenters. The molecule has 0 aliphatic heterocycles. The molecule has 5 aromatic rings. The molecule has 0 aliphatic rings. The molecule has 1 N–H and O–H groups in total. The zero-order chi connectivity index (χ0) is 21.8. The first kappa shape index (κ1) is 19.6. The van der Waals surface area contributed by atoms with Crippen molar-refractivity contribution in [2.24, 2.45) is 0 Å². The van der Waals surface area contributed by atoms with Crippen LogP contribution in [-0.4, -0.2) is 19.9 Å². The fraction of sp³-hybridized carbons (Fsp3) is 0.0370. The molecule has 5 nitrogen and oxygen atoms in total. The van der Waals surface area contributed by atoms with Crippen LogP contribution in [0.1, 0.15) is 5.56 Å². The van der Waals surface area contributed by atoms with Crippen molar-refractivity contribution in [3.63, 3.8) is 0 Å². The number of aromatic hydroxyl groups is 1. The lowest BCUT2D eigenvalue weighted by Crippen LogP contribution is -1.98. The van der Waals surface area contributed by atoms with Gasteiger partial charge in [-0.05, 0) is 47.0 Å². The Balaban J connectivity index is 1.35. The molecule has 0 saturated heterocycles. The van der Waals surface area contributed by atoms with Gasteiger partial charge in [0.15, 0.2) is 5.82 Å². The molecule has 5 heteroatoms. The average Bonchev–Trinajstić information content (AvgIpc) is 3.26. The smallest absolute Gasteiger partial charge is 0.216 e. The summed E-state index contributed by atoms with van der Waals surface area (Å²) in [5, 5.41) is 14.9. The minimum atomic E-state index is 0.0454. The van der Waals surface area contributed by atoms with E-state index in [0.29, 0.717) is 18.1 Å². The summed E-state index contributed by atoms with van der Waals surface area (Å²) in [5.74, 6) is 1.44. The van der Waals surface area contributed by atoms with E-state index in [4.69, 9.17) is 4.74 Å². The summed E-state index contributed by atoms with van der Waals surface area (Å²) in [6.45, 7) is 0.540. The van der Waals surface area contributed by atoms with Crippen LogP contribution in [0.4, 0.5) is 0 Å². The summed E-state index contributed by atoms with van der Waals surface area (Å²) in [7, 11) is 0. The molecule has 3 aromatic carbocycles. The molecule has 156 valence electrons. The third-order valence-corrected chi connectivity index (χ3v) is 5.15. The maximum absolute atomic E-state index is 10.3. The highest BCUT2D eigenvalue weighted by Crippen LogP contribution is 2.29. The highest BCUT2D eigenvalue weighted by Gasteiger charge is 2.11. The van der Waals surface area contributed by atoms with Crippen LogP contribution in [0, 0.1) is 0 Å². The van der Waals surface area contributed by atoms with Crippen LogP contribution in [0.3, 0.4) is 0 Å². The van der Waals surface area contributed by atoms with Gasteiger partial charge in [0.1, 0.15) is 12.4 Å². The van der Waals surface area contributed by atoms with E-state index in [1.165, 1.54) is 4.68 Å². The van der Waals surface area contributed by atoms with Crippen LogP contribution < -0.4 is 4.74 Å². The van der Waals surface area contributed by atoms with Gasteiger partial charge in [0.25, 0.3) is 0 Å². The number of rotatable bonds is 6. The Labute approximate surface area is 186 Å². The van der Waals surface area contributed by atoms with Gasteiger partial charge >= 0.3 is 0 Å². The zero-order valence-electron chi connectivity index (χ0n) is 17.3. The zero-order valence-corrected chi connectivity index (χ0v) is 17.3. The lowest BCUT2D eigenvalue weighted by Gasteiger charge is -2.08. The number of benzene rings is 3. The predicted octanol–water partition coefficient (Wildman–Crippen LogP) is 5.89. The number of pyridine rings is 1. The van der Waals surface area contributed by atoms with Crippen molar-refractivity contribution < 1.29 is 9.84 Å². The van der Waals surface area contributed by atoms with Crippen molar-refractivity contribution in [1.29, 1.82) is 0 Å². The van der Waals surface area contributed by atoms with E-state index in [-0.39, 0.29) is 5.88 Å². The Bertz CT molecular complexity index is 1310. The van der Waals surface area contributed by atoms with Crippen molar-refractivity contribution >= 4 is 0 Å². The van der Waals surface area contributed by atoms with Gasteiger partial charge in [-0.15, -0.1) is 0 Å². The van der Waals surface area contributed by atoms with Crippen molar-refractivity contribution in [2.75, 3.05) is 0 Å². The third-order valence-electron chi connectivity index (χ3n) is 5.15. The van der Waals surface area contributed by atoms with Gasteiger partial charge in [0.2, 0.25) is 5.88 Å². The SMILES string of the molecule is Oc1cc(-c2cccc(-c3ccc(OCc4ccccc4)cc3)c2)nn1-c1ccccn1. The van der Waals surface area contributed by atoms with E-state index in [9.17, 15) is 5.11 Å². The monoisotopic (exact) mass is 419 g/mol. The molecular weight excluding hydrogens is 398 g/mol. The molecule has 0 aliphatic carbocycles. The highest BCUT2D eigenvalue weighted by molar-refractivity contribution is 5.72. The standard InChI is InChI=1S/C27H21N3O2/c31-27-18-25(29-30(27)26-11-4-5-16-28-26)23-10-6-9-22(17-23)21-12-14-24(15-13-21)32-19-20-7-2-1-3-8-20/h1-18,31H,19H2. The number of hydrogen-bond acceptors (Lipinski definition) is 4. The molecule has 2 heterocycles. The van der Waals surface area contributed by atoms with Gasteiger partial charge in [0, 0.05) is 17.8 Å². The minimum Gasteiger partial charge on any atom is -0.493 e. The molecule has 0 spiro atoms. The van der Waals surface area contributed by atoms with Gasteiger partial charge in [-0.2, -0.15) is 9.78 Å². The molecule has 0 saturated carbocycles. The van der Waals surface area contributed by atoms with Gasteiger partial charge in [0.05, 0.1) is 5.69 Å². The molecule has 0 fully saturated rings. The van der Waals surface area contributed by atoms with Crippen molar-refractivity contribution in [1.82, 2.24) is 14.8 Å². The van der Waals surface area contributed by atoms with Crippen LogP contribution in [0.15, 0.2) is 109 Å². The molecule has 0 unspecified atom stereocenters. The van der Waals surface area contributed by atoms with Crippen LogP contribution in [0.5, 0.6) is 11.6 Å². The summed E-state index contributed by atoms with van der Waals surface area (Å²) in [4.78, 5) is 4.25. The molecule has 2 aromatic heterocycles. The second kappa shape index (κ2) is 8.78. The fourth-order valence-corrected chi connectivity index (χ4v) is 3.50. The molecular formula is C27H21N3O2. The summed E-state index contributed by atoms with van der Waals surface area (Å²) in [6.07, 6.45) is 1.67. The predicted molar refractivity (Wildman–Crippen MR) is 125 cm³/mol. The van der Waals surface area contributed by atoms with Crippen molar-refractivity contribution in [3.05, 3.63) is 115 Å². The van der Waals surface area contributed by atoms with Crippen LogP contribution >= 0.6 is 0 Å². The number of ether oxygens (including phenoxy) is 1. The first-order chi connectivity index (χ1) is 15.8. The maximum atomic E-state index is 10.3. The van der Waals surface area contributed by atoms with E-state index >= 15 is 0 Å². The van der Waals surface area contributed by atoms with Gasteiger partial charge in [-0.25, -0.2) is 4.98 Å². The Morgan fingerprint density at radius 3 is 2.28 bits per heavy atom.